The third kappa shape index (κ3) is 5.19. The van der Waals surface area contributed by atoms with E-state index in [1.807, 2.05) is 60.7 Å². The van der Waals surface area contributed by atoms with Gasteiger partial charge in [0.2, 0.25) is 0 Å². The second-order valence-electron chi connectivity index (χ2n) is 6.44. The van der Waals surface area contributed by atoms with Crippen LogP contribution in [0.5, 0.6) is 5.75 Å². The summed E-state index contributed by atoms with van der Waals surface area (Å²) in [4.78, 5) is 0. The Morgan fingerprint density at radius 2 is 1.69 bits per heavy atom. The highest BCUT2D eigenvalue weighted by Crippen LogP contribution is 2.20. The number of para-hydroxylation sites is 1. The van der Waals surface area contributed by atoms with Gasteiger partial charge in [-0.1, -0.05) is 78.4 Å². The molecule has 1 unspecified atom stereocenters. The molecule has 134 valence electrons. The van der Waals surface area contributed by atoms with Crippen molar-refractivity contribution < 1.29 is 9.84 Å². The average molecular weight is 347 g/mol. The summed E-state index contributed by atoms with van der Waals surface area (Å²) in [6.07, 6.45) is -0.517. The fraction of sp³-hybridized carbons (Fsp3) is 0.217. The van der Waals surface area contributed by atoms with Crippen molar-refractivity contribution in [1.82, 2.24) is 5.32 Å². The van der Waals surface area contributed by atoms with Gasteiger partial charge in [0, 0.05) is 18.7 Å². The first kappa shape index (κ1) is 18.2. The van der Waals surface area contributed by atoms with Gasteiger partial charge in [-0.2, -0.15) is 0 Å². The molecule has 26 heavy (non-hydrogen) atoms. The quantitative estimate of drug-likeness (QED) is 0.635. The SMILES string of the molecule is Cc1cccc(COc2ccccc2CNCC(O)c2ccccc2)c1. The van der Waals surface area contributed by atoms with Gasteiger partial charge in [-0.15, -0.1) is 0 Å². The first-order chi connectivity index (χ1) is 12.7. The predicted molar refractivity (Wildman–Crippen MR) is 105 cm³/mol. The Bertz CT molecular complexity index is 817. The lowest BCUT2D eigenvalue weighted by Crippen LogP contribution is -2.21. The summed E-state index contributed by atoms with van der Waals surface area (Å²) in [6, 6.07) is 26.1. The number of aryl methyl sites for hydroxylation is 1. The summed E-state index contributed by atoms with van der Waals surface area (Å²) < 4.78 is 6.02. The number of benzene rings is 3. The molecule has 0 aliphatic rings. The highest BCUT2D eigenvalue weighted by atomic mass is 16.5. The van der Waals surface area contributed by atoms with Gasteiger partial charge in [-0.25, -0.2) is 0 Å². The summed E-state index contributed by atoms with van der Waals surface area (Å²) in [5, 5.41) is 13.6. The third-order valence-corrected chi connectivity index (χ3v) is 4.29. The van der Waals surface area contributed by atoms with E-state index in [0.717, 1.165) is 22.4 Å². The minimum absolute atomic E-state index is 0.496. The molecule has 3 nitrogen and oxygen atoms in total. The molecule has 0 saturated heterocycles. The van der Waals surface area contributed by atoms with Crippen LogP contribution in [0.25, 0.3) is 0 Å². The molecule has 1 atom stereocenters. The maximum atomic E-state index is 10.3. The van der Waals surface area contributed by atoms with Gasteiger partial charge in [0.15, 0.2) is 0 Å². The monoisotopic (exact) mass is 347 g/mol. The van der Waals surface area contributed by atoms with E-state index in [0.29, 0.717) is 19.7 Å². The number of nitrogens with one attached hydrogen (secondary N) is 1. The molecule has 3 heteroatoms. The third-order valence-electron chi connectivity index (χ3n) is 4.29. The lowest BCUT2D eigenvalue weighted by Gasteiger charge is -2.15. The van der Waals surface area contributed by atoms with Gasteiger partial charge in [-0.3, -0.25) is 0 Å². The van der Waals surface area contributed by atoms with Crippen molar-refractivity contribution in [3.8, 4) is 5.75 Å². The molecule has 0 bridgehead atoms. The van der Waals surface area contributed by atoms with E-state index in [1.165, 1.54) is 5.56 Å². The summed E-state index contributed by atoms with van der Waals surface area (Å²) in [5.41, 5.74) is 4.40. The Morgan fingerprint density at radius 3 is 2.50 bits per heavy atom. The minimum atomic E-state index is -0.517. The van der Waals surface area contributed by atoms with E-state index in [9.17, 15) is 5.11 Å². The summed E-state index contributed by atoms with van der Waals surface area (Å²) >= 11 is 0. The zero-order chi connectivity index (χ0) is 18.2. The van der Waals surface area contributed by atoms with Crippen molar-refractivity contribution in [2.45, 2.75) is 26.2 Å². The molecule has 0 heterocycles. The summed E-state index contributed by atoms with van der Waals surface area (Å²) in [6.45, 7) is 3.77. The minimum Gasteiger partial charge on any atom is -0.489 e. The Hall–Kier alpha value is -2.62. The second-order valence-corrected chi connectivity index (χ2v) is 6.44. The van der Waals surface area contributed by atoms with Crippen LogP contribution in [0.4, 0.5) is 0 Å². The molecule has 0 radical (unpaired) electrons. The van der Waals surface area contributed by atoms with E-state index < -0.39 is 6.10 Å². The zero-order valence-corrected chi connectivity index (χ0v) is 15.1. The van der Waals surface area contributed by atoms with Gasteiger partial charge in [-0.05, 0) is 24.1 Å². The largest absolute Gasteiger partial charge is 0.489 e. The number of hydrogen-bond donors (Lipinski definition) is 2. The predicted octanol–water partition coefficient (Wildman–Crippen LogP) is 4.40. The van der Waals surface area contributed by atoms with Crippen molar-refractivity contribution >= 4 is 0 Å². The number of hydrogen-bond acceptors (Lipinski definition) is 3. The molecule has 3 aromatic carbocycles. The Kier molecular flexibility index (Phi) is 6.42. The van der Waals surface area contributed by atoms with Crippen LogP contribution in [0.1, 0.15) is 28.4 Å². The highest BCUT2D eigenvalue weighted by Gasteiger charge is 2.08. The molecule has 0 aliphatic heterocycles. The van der Waals surface area contributed by atoms with Crippen LogP contribution in [-0.2, 0) is 13.2 Å². The highest BCUT2D eigenvalue weighted by molar-refractivity contribution is 5.34. The molecule has 3 rings (SSSR count). The molecule has 0 spiro atoms. The van der Waals surface area contributed by atoms with Gasteiger partial charge in [0.1, 0.15) is 12.4 Å². The van der Waals surface area contributed by atoms with Crippen molar-refractivity contribution in [3.63, 3.8) is 0 Å². The van der Waals surface area contributed by atoms with E-state index in [2.05, 4.69) is 30.4 Å². The van der Waals surface area contributed by atoms with E-state index in [-0.39, 0.29) is 0 Å². The van der Waals surface area contributed by atoms with Crippen LogP contribution in [0, 0.1) is 6.92 Å². The molecule has 0 aliphatic carbocycles. The normalized spacial score (nSPS) is 11.9. The number of ether oxygens (including phenoxy) is 1. The van der Waals surface area contributed by atoms with Gasteiger partial charge < -0.3 is 15.2 Å². The van der Waals surface area contributed by atoms with Crippen LogP contribution >= 0.6 is 0 Å². The van der Waals surface area contributed by atoms with Crippen molar-refractivity contribution in [3.05, 3.63) is 101 Å². The molecule has 0 aromatic heterocycles. The van der Waals surface area contributed by atoms with Crippen LogP contribution in [-0.4, -0.2) is 11.7 Å². The van der Waals surface area contributed by atoms with Crippen molar-refractivity contribution in [1.29, 1.82) is 0 Å². The summed E-state index contributed by atoms with van der Waals surface area (Å²) in [7, 11) is 0. The number of rotatable bonds is 8. The van der Waals surface area contributed by atoms with Gasteiger partial charge in [0.05, 0.1) is 6.10 Å². The number of aliphatic hydroxyl groups is 1. The lowest BCUT2D eigenvalue weighted by molar-refractivity contribution is 0.174. The number of aliphatic hydroxyl groups excluding tert-OH is 1. The Balaban J connectivity index is 1.55. The smallest absolute Gasteiger partial charge is 0.124 e. The van der Waals surface area contributed by atoms with Crippen LogP contribution in [0.2, 0.25) is 0 Å². The topological polar surface area (TPSA) is 41.5 Å². The average Bonchev–Trinajstić information content (AvgIpc) is 2.68. The fourth-order valence-electron chi connectivity index (χ4n) is 2.89. The molecule has 0 saturated carbocycles. The lowest BCUT2D eigenvalue weighted by atomic mass is 10.1. The van der Waals surface area contributed by atoms with E-state index in [4.69, 9.17) is 4.74 Å². The van der Waals surface area contributed by atoms with E-state index >= 15 is 0 Å². The molecular formula is C23H25NO2. The maximum absolute atomic E-state index is 10.3. The molecular weight excluding hydrogens is 322 g/mol. The van der Waals surface area contributed by atoms with Crippen LogP contribution < -0.4 is 10.1 Å². The Labute approximate surface area is 155 Å². The fourth-order valence-corrected chi connectivity index (χ4v) is 2.89. The van der Waals surface area contributed by atoms with E-state index in [1.54, 1.807) is 0 Å². The molecule has 0 amide bonds. The maximum Gasteiger partial charge on any atom is 0.124 e. The molecule has 0 fully saturated rings. The Morgan fingerprint density at radius 1 is 0.923 bits per heavy atom. The van der Waals surface area contributed by atoms with Crippen molar-refractivity contribution in [2.75, 3.05) is 6.54 Å². The zero-order valence-electron chi connectivity index (χ0n) is 15.1. The second kappa shape index (κ2) is 9.18. The van der Waals surface area contributed by atoms with Crippen LogP contribution in [0.3, 0.4) is 0 Å². The summed E-state index contributed by atoms with van der Waals surface area (Å²) in [5.74, 6) is 0.871. The standard InChI is InChI=1S/C23H25NO2/c1-18-8-7-9-19(14-18)17-26-23-13-6-5-12-21(23)15-24-16-22(25)20-10-3-2-4-11-20/h2-14,22,24-25H,15-17H2,1H3. The first-order valence-electron chi connectivity index (χ1n) is 8.92. The molecule has 2 N–H and O–H groups in total. The van der Waals surface area contributed by atoms with Gasteiger partial charge in [0.25, 0.3) is 0 Å². The molecule has 3 aromatic rings. The van der Waals surface area contributed by atoms with Crippen LogP contribution in [0.15, 0.2) is 78.9 Å². The first-order valence-corrected chi connectivity index (χ1v) is 8.92. The van der Waals surface area contributed by atoms with Crippen molar-refractivity contribution in [2.24, 2.45) is 0 Å². The van der Waals surface area contributed by atoms with Gasteiger partial charge >= 0.3 is 0 Å².